The van der Waals surface area contributed by atoms with E-state index in [4.69, 9.17) is 23.8 Å². The first-order chi connectivity index (χ1) is 25.3. The fraction of sp³-hybridized carbons (Fsp3) is 0. The lowest BCUT2D eigenvalue weighted by Crippen LogP contribution is -2.00. The van der Waals surface area contributed by atoms with Crippen LogP contribution in [-0.4, -0.2) is 19.5 Å². The van der Waals surface area contributed by atoms with Crippen molar-refractivity contribution < 1.29 is 8.83 Å². The smallest absolute Gasteiger partial charge is 0.167 e. The molecule has 0 amide bonds. The molecule has 6 nitrogen and oxygen atoms in total. The monoisotopic (exact) mass is 654 g/mol. The topological polar surface area (TPSA) is 69.9 Å². The maximum absolute atomic E-state index is 6.66. The number of benzene rings is 7. The van der Waals surface area contributed by atoms with E-state index in [9.17, 15) is 0 Å². The van der Waals surface area contributed by atoms with Crippen LogP contribution in [0.15, 0.2) is 167 Å². The zero-order chi connectivity index (χ0) is 33.5. The molecule has 0 fully saturated rings. The van der Waals surface area contributed by atoms with Crippen LogP contribution in [-0.2, 0) is 0 Å². The molecule has 0 radical (unpaired) electrons. The zero-order valence-electron chi connectivity index (χ0n) is 27.1. The molecule has 4 aromatic heterocycles. The van der Waals surface area contributed by atoms with Crippen molar-refractivity contribution >= 4 is 65.7 Å². The number of nitrogens with zero attached hydrogens (tertiary/aromatic N) is 4. The molecule has 11 aromatic rings. The first kappa shape index (κ1) is 27.9. The fourth-order valence-electron chi connectivity index (χ4n) is 7.56. The number of para-hydroxylation sites is 5. The molecule has 238 valence electrons. The van der Waals surface area contributed by atoms with Crippen molar-refractivity contribution in [3.05, 3.63) is 158 Å². The number of fused-ring (bicyclic) bond motifs is 9. The molecule has 0 spiro atoms. The minimum absolute atomic E-state index is 0.527. The summed E-state index contributed by atoms with van der Waals surface area (Å²) in [5.74, 6) is 1.63. The molecule has 0 bridgehead atoms. The van der Waals surface area contributed by atoms with Gasteiger partial charge in [-0.05, 0) is 48.5 Å². The van der Waals surface area contributed by atoms with E-state index in [0.717, 1.165) is 77.3 Å². The van der Waals surface area contributed by atoms with Crippen molar-refractivity contribution in [2.45, 2.75) is 0 Å². The average Bonchev–Trinajstić information content (AvgIpc) is 3.87. The van der Waals surface area contributed by atoms with Crippen molar-refractivity contribution in [2.75, 3.05) is 0 Å². The Morgan fingerprint density at radius 2 is 0.882 bits per heavy atom. The first-order valence-corrected chi connectivity index (χ1v) is 16.9. The predicted octanol–water partition coefficient (Wildman–Crippen LogP) is 11.8. The van der Waals surface area contributed by atoms with Crippen LogP contribution in [0.5, 0.6) is 0 Å². The lowest BCUT2D eigenvalue weighted by atomic mass is 10.1. The number of hydrogen-bond acceptors (Lipinski definition) is 5. The summed E-state index contributed by atoms with van der Waals surface area (Å²) in [5.41, 5.74) is 8.98. The third-order valence-electron chi connectivity index (χ3n) is 9.87. The molecule has 7 aromatic carbocycles. The van der Waals surface area contributed by atoms with Gasteiger partial charge in [0.25, 0.3) is 0 Å². The molecule has 4 heterocycles. The number of furan rings is 2. The molecule has 51 heavy (non-hydrogen) atoms. The van der Waals surface area contributed by atoms with E-state index in [1.807, 2.05) is 72.8 Å². The molecular formula is C45H26N4O2. The van der Waals surface area contributed by atoms with Gasteiger partial charge in [0.15, 0.2) is 17.5 Å². The fourth-order valence-corrected chi connectivity index (χ4v) is 7.56. The van der Waals surface area contributed by atoms with Gasteiger partial charge in [0, 0.05) is 43.6 Å². The maximum Gasteiger partial charge on any atom is 0.167 e. The lowest BCUT2D eigenvalue weighted by molar-refractivity contribution is 0.669. The van der Waals surface area contributed by atoms with Crippen molar-refractivity contribution in [2.24, 2.45) is 0 Å². The third kappa shape index (κ3) is 4.20. The largest absolute Gasteiger partial charge is 0.455 e. The molecular weight excluding hydrogens is 629 g/mol. The van der Waals surface area contributed by atoms with Gasteiger partial charge in [-0.2, -0.15) is 0 Å². The van der Waals surface area contributed by atoms with E-state index in [2.05, 4.69) is 89.5 Å². The third-order valence-corrected chi connectivity index (χ3v) is 9.87. The van der Waals surface area contributed by atoms with Crippen LogP contribution in [0.3, 0.4) is 0 Å². The highest BCUT2D eigenvalue weighted by molar-refractivity contribution is 6.12. The van der Waals surface area contributed by atoms with E-state index < -0.39 is 0 Å². The Balaban J connectivity index is 1.13. The van der Waals surface area contributed by atoms with Crippen LogP contribution in [0.1, 0.15) is 0 Å². The Labute approximate surface area is 290 Å². The van der Waals surface area contributed by atoms with Gasteiger partial charge in [-0.25, -0.2) is 15.0 Å². The molecule has 0 aliphatic rings. The zero-order valence-corrected chi connectivity index (χ0v) is 27.1. The van der Waals surface area contributed by atoms with Gasteiger partial charge < -0.3 is 13.4 Å². The number of aromatic nitrogens is 4. The summed E-state index contributed by atoms with van der Waals surface area (Å²) in [6.07, 6.45) is 0. The molecule has 0 N–H and O–H groups in total. The quantitative estimate of drug-likeness (QED) is 0.189. The van der Waals surface area contributed by atoms with Crippen molar-refractivity contribution in [3.63, 3.8) is 0 Å². The second-order valence-electron chi connectivity index (χ2n) is 12.8. The summed E-state index contributed by atoms with van der Waals surface area (Å²) < 4.78 is 15.4. The second kappa shape index (κ2) is 10.7. The normalized spacial score (nSPS) is 11.9. The number of hydrogen-bond donors (Lipinski definition) is 0. The summed E-state index contributed by atoms with van der Waals surface area (Å²) in [6, 6.07) is 53.9. The van der Waals surface area contributed by atoms with Gasteiger partial charge >= 0.3 is 0 Å². The van der Waals surface area contributed by atoms with Crippen molar-refractivity contribution in [3.8, 4) is 39.9 Å². The molecule has 6 heteroatoms. The van der Waals surface area contributed by atoms with E-state index in [1.165, 1.54) is 10.8 Å². The summed E-state index contributed by atoms with van der Waals surface area (Å²) in [4.78, 5) is 15.2. The molecule has 0 unspecified atom stereocenters. The Bertz CT molecular complexity index is 3100. The predicted molar refractivity (Wildman–Crippen MR) is 205 cm³/mol. The lowest BCUT2D eigenvalue weighted by Gasteiger charge is -2.09. The molecule has 11 rings (SSSR count). The molecule has 0 aliphatic carbocycles. The summed E-state index contributed by atoms with van der Waals surface area (Å²) in [5, 5.41) is 6.55. The van der Waals surface area contributed by atoms with Gasteiger partial charge in [0.1, 0.15) is 22.3 Å². The van der Waals surface area contributed by atoms with Gasteiger partial charge in [-0.3, -0.25) is 0 Å². The Morgan fingerprint density at radius 3 is 1.55 bits per heavy atom. The van der Waals surface area contributed by atoms with Crippen LogP contribution in [0, 0.1) is 0 Å². The van der Waals surface area contributed by atoms with Crippen LogP contribution < -0.4 is 0 Å². The van der Waals surface area contributed by atoms with Gasteiger partial charge in [0.05, 0.1) is 22.2 Å². The van der Waals surface area contributed by atoms with E-state index in [0.29, 0.717) is 17.5 Å². The van der Waals surface area contributed by atoms with Gasteiger partial charge in [-0.1, -0.05) is 109 Å². The van der Waals surface area contributed by atoms with Crippen molar-refractivity contribution in [1.82, 2.24) is 19.5 Å². The van der Waals surface area contributed by atoms with Crippen LogP contribution in [0.4, 0.5) is 0 Å². The number of rotatable bonds is 4. The summed E-state index contributed by atoms with van der Waals surface area (Å²) in [7, 11) is 0. The summed E-state index contributed by atoms with van der Waals surface area (Å²) in [6.45, 7) is 0. The minimum atomic E-state index is 0.527. The van der Waals surface area contributed by atoms with E-state index in [1.54, 1.807) is 0 Å². The molecule has 0 atom stereocenters. The van der Waals surface area contributed by atoms with E-state index in [-0.39, 0.29) is 0 Å². The van der Waals surface area contributed by atoms with Crippen LogP contribution >= 0.6 is 0 Å². The highest BCUT2D eigenvalue weighted by atomic mass is 16.3. The SMILES string of the molecule is c1ccc(-c2nc(-c3cccc4c3oc3ccccc34)nc(-c3cccc4c3oc3ccc(-n5c6ccccc6c6ccccc65)cc34)n2)cc1. The molecule has 0 saturated carbocycles. The Kier molecular flexibility index (Phi) is 5.86. The summed E-state index contributed by atoms with van der Waals surface area (Å²) >= 11 is 0. The standard InChI is InChI=1S/C45H26N4O2/c1-2-12-27(13-3-1)43-46-44(34-19-10-17-32-31-16-6-9-23-39(31)50-41(32)34)48-45(47-43)35-20-11-18-33-36-26-28(24-25-40(36)51-42(33)35)49-37-21-7-4-14-29(37)30-15-5-8-22-38(30)49/h1-26H. The first-order valence-electron chi connectivity index (χ1n) is 16.9. The highest BCUT2D eigenvalue weighted by Gasteiger charge is 2.21. The maximum atomic E-state index is 6.66. The average molecular weight is 655 g/mol. The molecule has 0 aliphatic heterocycles. The Hall–Kier alpha value is -7.05. The highest BCUT2D eigenvalue weighted by Crippen LogP contribution is 2.40. The van der Waals surface area contributed by atoms with Gasteiger partial charge in [-0.15, -0.1) is 0 Å². The minimum Gasteiger partial charge on any atom is -0.455 e. The Morgan fingerprint density at radius 1 is 0.373 bits per heavy atom. The van der Waals surface area contributed by atoms with Gasteiger partial charge in [0.2, 0.25) is 0 Å². The molecule has 0 saturated heterocycles. The van der Waals surface area contributed by atoms with E-state index >= 15 is 0 Å². The van der Waals surface area contributed by atoms with Crippen LogP contribution in [0.2, 0.25) is 0 Å². The second-order valence-corrected chi connectivity index (χ2v) is 12.8. The van der Waals surface area contributed by atoms with Crippen molar-refractivity contribution in [1.29, 1.82) is 0 Å². The van der Waals surface area contributed by atoms with Crippen LogP contribution in [0.25, 0.3) is 106 Å².